The third kappa shape index (κ3) is 2.96. The number of para-hydroxylation sites is 1. The Labute approximate surface area is 158 Å². The van der Waals surface area contributed by atoms with E-state index in [0.717, 1.165) is 6.20 Å². The number of pyridine rings is 1. The van der Waals surface area contributed by atoms with Crippen LogP contribution in [0.15, 0.2) is 54.9 Å². The zero-order valence-electron chi connectivity index (χ0n) is 14.8. The number of nitrogens with one attached hydrogen (secondary N) is 1. The summed E-state index contributed by atoms with van der Waals surface area (Å²) in [5.41, 5.74) is 7.24. The van der Waals surface area contributed by atoms with Crippen LogP contribution in [0.25, 0.3) is 11.0 Å². The number of aromatic nitrogens is 2. The Morgan fingerprint density at radius 1 is 1.11 bits per heavy atom. The molecule has 5 nitrogen and oxygen atoms in total. The third-order valence-corrected chi connectivity index (χ3v) is 4.44. The van der Waals surface area contributed by atoms with Crippen LogP contribution >= 0.6 is 0 Å². The lowest BCUT2D eigenvalue weighted by Crippen LogP contribution is -2.05. The fourth-order valence-electron chi connectivity index (χ4n) is 3.03. The van der Waals surface area contributed by atoms with Gasteiger partial charge in [-0.1, -0.05) is 12.1 Å². The molecule has 0 radical (unpaired) electrons. The van der Waals surface area contributed by atoms with Crippen molar-refractivity contribution in [3.05, 3.63) is 83.2 Å². The molecule has 4 aromatic rings. The summed E-state index contributed by atoms with van der Waals surface area (Å²) < 4.78 is 33.1. The van der Waals surface area contributed by atoms with Crippen molar-refractivity contribution in [2.45, 2.75) is 6.92 Å². The molecule has 0 bridgehead atoms. The molecule has 0 saturated carbocycles. The van der Waals surface area contributed by atoms with E-state index in [-0.39, 0.29) is 28.2 Å². The lowest BCUT2D eigenvalue weighted by Gasteiger charge is -2.10. The second-order valence-corrected chi connectivity index (χ2v) is 6.28. The van der Waals surface area contributed by atoms with E-state index in [1.165, 1.54) is 18.3 Å². The first-order valence-electron chi connectivity index (χ1n) is 8.44. The number of aromatic amines is 1. The highest BCUT2D eigenvalue weighted by molar-refractivity contribution is 6.18. The quantitative estimate of drug-likeness (QED) is 0.501. The predicted octanol–water partition coefficient (Wildman–Crippen LogP) is 4.76. The molecule has 0 unspecified atom stereocenters. The molecule has 3 N–H and O–H groups in total. The summed E-state index contributed by atoms with van der Waals surface area (Å²) >= 11 is 0. The number of nitrogens with two attached hydrogens (primary N) is 1. The van der Waals surface area contributed by atoms with Crippen LogP contribution < -0.4 is 10.5 Å². The molecule has 2 aromatic heterocycles. The minimum Gasteiger partial charge on any atom is -0.454 e. The van der Waals surface area contributed by atoms with Gasteiger partial charge < -0.3 is 15.5 Å². The summed E-state index contributed by atoms with van der Waals surface area (Å²) in [5.74, 6) is -1.02. The number of halogens is 2. The average molecular weight is 379 g/mol. The maximum atomic E-state index is 13.8. The number of benzene rings is 2. The molecule has 0 amide bonds. The van der Waals surface area contributed by atoms with Crippen LogP contribution in [0, 0.1) is 18.6 Å². The molecule has 0 spiro atoms. The van der Waals surface area contributed by atoms with Crippen LogP contribution in [-0.4, -0.2) is 15.8 Å². The van der Waals surface area contributed by atoms with Crippen molar-refractivity contribution in [3.8, 4) is 11.5 Å². The van der Waals surface area contributed by atoms with E-state index in [2.05, 4.69) is 9.97 Å². The molecular formula is C21H15F2N3O2. The maximum Gasteiger partial charge on any atom is 0.195 e. The number of ketones is 1. The van der Waals surface area contributed by atoms with Gasteiger partial charge in [0, 0.05) is 11.8 Å². The van der Waals surface area contributed by atoms with Crippen LogP contribution in [0.3, 0.4) is 0 Å². The summed E-state index contributed by atoms with van der Waals surface area (Å²) in [6.45, 7) is 1.73. The number of aryl methyl sites for hydroxylation is 1. The zero-order valence-corrected chi connectivity index (χ0v) is 14.8. The fraction of sp³-hybridized carbons (Fsp3) is 0.0476. The van der Waals surface area contributed by atoms with Crippen molar-refractivity contribution in [1.82, 2.24) is 9.97 Å². The van der Waals surface area contributed by atoms with E-state index in [1.807, 2.05) is 0 Å². The van der Waals surface area contributed by atoms with Gasteiger partial charge in [0.25, 0.3) is 0 Å². The van der Waals surface area contributed by atoms with Gasteiger partial charge in [0.2, 0.25) is 0 Å². The number of fused-ring (bicyclic) bond motifs is 1. The molecule has 0 aliphatic rings. The number of anilines is 1. The molecule has 0 aliphatic heterocycles. The Bertz CT molecular complexity index is 1220. The number of hydrogen-bond donors (Lipinski definition) is 2. The molecule has 2 aromatic carbocycles. The van der Waals surface area contributed by atoms with Gasteiger partial charge >= 0.3 is 0 Å². The van der Waals surface area contributed by atoms with Gasteiger partial charge in [-0.2, -0.15) is 0 Å². The Morgan fingerprint density at radius 3 is 2.64 bits per heavy atom. The van der Waals surface area contributed by atoms with Crippen LogP contribution in [0.5, 0.6) is 11.5 Å². The smallest absolute Gasteiger partial charge is 0.195 e. The van der Waals surface area contributed by atoms with Gasteiger partial charge in [-0.25, -0.2) is 13.8 Å². The van der Waals surface area contributed by atoms with Gasteiger partial charge in [-0.3, -0.25) is 4.79 Å². The SMILES string of the molecule is Cc1cc(Oc2ccccc2F)ccc1C(=O)c1c[nH]c2ncc(F)c(N)c12. The van der Waals surface area contributed by atoms with Crippen molar-refractivity contribution < 1.29 is 18.3 Å². The van der Waals surface area contributed by atoms with Crippen molar-refractivity contribution in [1.29, 1.82) is 0 Å². The van der Waals surface area contributed by atoms with Gasteiger partial charge in [-0.15, -0.1) is 0 Å². The zero-order chi connectivity index (χ0) is 19.8. The van der Waals surface area contributed by atoms with Crippen LogP contribution in [0.2, 0.25) is 0 Å². The van der Waals surface area contributed by atoms with E-state index < -0.39 is 11.6 Å². The second-order valence-electron chi connectivity index (χ2n) is 6.28. The van der Waals surface area contributed by atoms with Crippen molar-refractivity contribution in [2.75, 3.05) is 5.73 Å². The molecule has 140 valence electrons. The Kier molecular flexibility index (Phi) is 4.27. The van der Waals surface area contributed by atoms with Gasteiger partial charge in [0.1, 0.15) is 11.4 Å². The predicted molar refractivity (Wildman–Crippen MR) is 102 cm³/mol. The normalized spacial score (nSPS) is 11.0. The minimum absolute atomic E-state index is 0.0897. The van der Waals surface area contributed by atoms with Crippen molar-refractivity contribution in [2.24, 2.45) is 0 Å². The standard InChI is InChI=1S/C21H15F2N3O2/c1-11-8-12(28-17-5-3-2-4-15(17)22)6-7-13(11)20(27)14-9-25-21-18(14)19(24)16(23)10-26-21/h2-10H,1H3,(H3,24,25,26). The highest BCUT2D eigenvalue weighted by atomic mass is 19.1. The van der Waals surface area contributed by atoms with Crippen molar-refractivity contribution in [3.63, 3.8) is 0 Å². The summed E-state index contributed by atoms with van der Waals surface area (Å²) in [5, 5.41) is 0.246. The largest absolute Gasteiger partial charge is 0.454 e. The van der Waals surface area contributed by atoms with Gasteiger partial charge in [0.15, 0.2) is 23.2 Å². The number of nitrogen functional groups attached to an aromatic ring is 1. The lowest BCUT2D eigenvalue weighted by atomic mass is 9.98. The van der Waals surface area contributed by atoms with Gasteiger partial charge in [-0.05, 0) is 42.8 Å². The first-order chi connectivity index (χ1) is 13.5. The first kappa shape index (κ1) is 17.7. The summed E-state index contributed by atoms with van der Waals surface area (Å²) in [6.07, 6.45) is 2.46. The first-order valence-corrected chi connectivity index (χ1v) is 8.44. The van der Waals surface area contributed by atoms with Gasteiger partial charge in [0.05, 0.1) is 22.8 Å². The summed E-state index contributed by atoms with van der Waals surface area (Å²) in [6, 6.07) is 10.8. The molecule has 0 fully saturated rings. The number of ether oxygens (including phenoxy) is 1. The molecule has 0 saturated heterocycles. The minimum atomic E-state index is -0.688. The molecule has 4 rings (SSSR count). The van der Waals surface area contributed by atoms with E-state index in [1.54, 1.807) is 37.3 Å². The highest BCUT2D eigenvalue weighted by Gasteiger charge is 2.20. The Hall–Kier alpha value is -3.74. The second kappa shape index (κ2) is 6.77. The van der Waals surface area contributed by atoms with Crippen molar-refractivity contribution >= 4 is 22.5 Å². The Balaban J connectivity index is 1.70. The maximum absolute atomic E-state index is 13.8. The van der Waals surface area contributed by atoms with Crippen LogP contribution in [-0.2, 0) is 0 Å². The number of carbonyl (C=O) groups excluding carboxylic acids is 1. The van der Waals surface area contributed by atoms with Crippen LogP contribution in [0.4, 0.5) is 14.5 Å². The highest BCUT2D eigenvalue weighted by Crippen LogP contribution is 2.30. The number of carbonyl (C=O) groups is 1. The average Bonchev–Trinajstić information content (AvgIpc) is 3.11. The third-order valence-electron chi connectivity index (χ3n) is 4.44. The van der Waals surface area contributed by atoms with E-state index in [0.29, 0.717) is 22.5 Å². The summed E-state index contributed by atoms with van der Waals surface area (Å²) in [4.78, 5) is 19.7. The number of hydrogen-bond acceptors (Lipinski definition) is 4. The topological polar surface area (TPSA) is 81.0 Å². The molecule has 28 heavy (non-hydrogen) atoms. The lowest BCUT2D eigenvalue weighted by molar-refractivity contribution is 0.103. The molecular weight excluding hydrogens is 364 g/mol. The fourth-order valence-corrected chi connectivity index (χ4v) is 3.03. The monoisotopic (exact) mass is 379 g/mol. The summed E-state index contributed by atoms with van der Waals surface area (Å²) in [7, 11) is 0. The molecule has 0 atom stereocenters. The number of H-pyrrole nitrogens is 1. The van der Waals surface area contributed by atoms with E-state index >= 15 is 0 Å². The molecule has 0 aliphatic carbocycles. The molecule has 2 heterocycles. The van der Waals surface area contributed by atoms with Crippen LogP contribution in [0.1, 0.15) is 21.5 Å². The number of rotatable bonds is 4. The number of nitrogens with zero attached hydrogens (tertiary/aromatic N) is 1. The molecule has 7 heteroatoms. The Morgan fingerprint density at radius 2 is 1.89 bits per heavy atom. The van der Waals surface area contributed by atoms with E-state index in [4.69, 9.17) is 10.5 Å². The van der Waals surface area contributed by atoms with E-state index in [9.17, 15) is 13.6 Å².